The van der Waals surface area contributed by atoms with Crippen LogP contribution in [-0.2, 0) is 29.2 Å². The van der Waals surface area contributed by atoms with Crippen LogP contribution in [0, 0.1) is 0 Å². The van der Waals surface area contributed by atoms with Crippen LogP contribution in [0.5, 0.6) is 0 Å². The highest BCUT2D eigenvalue weighted by molar-refractivity contribution is 7.89. The monoisotopic (exact) mass is 357 g/mol. The lowest BCUT2D eigenvalue weighted by Gasteiger charge is -2.09. The van der Waals surface area contributed by atoms with Crippen molar-refractivity contribution in [2.24, 2.45) is 0 Å². The Morgan fingerprint density at radius 2 is 1.46 bits per heavy atom. The van der Waals surface area contributed by atoms with E-state index in [1.807, 2.05) is 6.92 Å². The van der Waals surface area contributed by atoms with E-state index in [1.165, 1.54) is 24.3 Å². The van der Waals surface area contributed by atoms with Gasteiger partial charge in [0, 0.05) is 6.54 Å². The normalized spacial score (nSPS) is 12.3. The summed E-state index contributed by atoms with van der Waals surface area (Å²) in [4.78, 5) is 0.134. The summed E-state index contributed by atoms with van der Waals surface area (Å²) in [6.07, 6.45) is -2.56. The second kappa shape index (κ2) is 7.36. The van der Waals surface area contributed by atoms with Crippen LogP contribution in [0.4, 0.5) is 13.2 Å². The first-order valence-corrected chi connectivity index (χ1v) is 8.95. The van der Waals surface area contributed by atoms with Gasteiger partial charge in [0.15, 0.2) is 0 Å². The molecule has 1 N–H and O–H groups in total. The molecule has 3 nitrogen and oxygen atoms in total. The van der Waals surface area contributed by atoms with Crippen molar-refractivity contribution in [1.29, 1.82) is 0 Å². The summed E-state index contributed by atoms with van der Waals surface area (Å²) >= 11 is 0. The zero-order valence-corrected chi connectivity index (χ0v) is 13.9. The van der Waals surface area contributed by atoms with Gasteiger partial charge in [-0.1, -0.05) is 37.6 Å². The lowest BCUT2D eigenvalue weighted by molar-refractivity contribution is -0.137. The summed E-state index contributed by atoms with van der Waals surface area (Å²) in [6, 6.07) is 11.0. The Morgan fingerprint density at radius 3 is 1.96 bits per heavy atom. The fourth-order valence-corrected chi connectivity index (χ4v) is 3.21. The van der Waals surface area contributed by atoms with Gasteiger partial charge in [0.1, 0.15) is 0 Å². The Labute approximate surface area is 139 Å². The number of hydrogen-bond acceptors (Lipinski definition) is 2. The van der Waals surface area contributed by atoms with Gasteiger partial charge in [-0.15, -0.1) is 0 Å². The van der Waals surface area contributed by atoms with Crippen molar-refractivity contribution in [3.63, 3.8) is 0 Å². The quantitative estimate of drug-likeness (QED) is 0.845. The lowest BCUT2D eigenvalue weighted by Crippen LogP contribution is -2.23. The molecule has 0 saturated heterocycles. The molecule has 2 aromatic rings. The molecule has 0 radical (unpaired) electrons. The maximum Gasteiger partial charge on any atom is 0.416 e. The van der Waals surface area contributed by atoms with Gasteiger partial charge in [0.25, 0.3) is 0 Å². The third kappa shape index (κ3) is 4.82. The molecule has 0 unspecified atom stereocenters. The van der Waals surface area contributed by atoms with Gasteiger partial charge < -0.3 is 0 Å². The Kier molecular flexibility index (Phi) is 5.66. The molecule has 0 aliphatic rings. The topological polar surface area (TPSA) is 46.2 Å². The predicted molar refractivity (Wildman–Crippen MR) is 85.9 cm³/mol. The summed E-state index contributed by atoms with van der Waals surface area (Å²) < 4.78 is 64.3. The van der Waals surface area contributed by atoms with Gasteiger partial charge in [0.2, 0.25) is 10.0 Å². The minimum atomic E-state index is -4.40. The number of halogens is 3. The fraction of sp³-hybridized carbons (Fsp3) is 0.294. The van der Waals surface area contributed by atoms with Crippen LogP contribution in [0.1, 0.15) is 30.0 Å². The van der Waals surface area contributed by atoms with Crippen molar-refractivity contribution in [3.05, 3.63) is 65.2 Å². The zero-order chi connectivity index (χ0) is 17.8. The molecule has 0 saturated carbocycles. The van der Waals surface area contributed by atoms with Crippen LogP contribution in [0.2, 0.25) is 0 Å². The number of rotatable bonds is 6. The van der Waals surface area contributed by atoms with Gasteiger partial charge in [-0.2, -0.15) is 13.2 Å². The number of nitrogens with one attached hydrogen (secondary N) is 1. The molecule has 2 aromatic carbocycles. The van der Waals surface area contributed by atoms with Crippen LogP contribution >= 0.6 is 0 Å². The molecule has 7 heteroatoms. The Hall–Kier alpha value is -1.86. The number of benzene rings is 2. The van der Waals surface area contributed by atoms with E-state index in [2.05, 4.69) is 4.72 Å². The van der Waals surface area contributed by atoms with Gasteiger partial charge in [-0.25, -0.2) is 13.1 Å². The number of sulfonamides is 1. The smallest absolute Gasteiger partial charge is 0.207 e. The lowest BCUT2D eigenvalue weighted by atomic mass is 10.1. The average Bonchev–Trinajstić information content (AvgIpc) is 2.53. The van der Waals surface area contributed by atoms with E-state index < -0.39 is 21.8 Å². The third-order valence-electron chi connectivity index (χ3n) is 3.52. The van der Waals surface area contributed by atoms with Gasteiger partial charge >= 0.3 is 6.18 Å². The van der Waals surface area contributed by atoms with Gasteiger partial charge in [-0.3, -0.25) is 0 Å². The Morgan fingerprint density at radius 1 is 0.917 bits per heavy atom. The maximum absolute atomic E-state index is 12.5. The van der Waals surface area contributed by atoms with E-state index in [4.69, 9.17) is 0 Å². The van der Waals surface area contributed by atoms with Crippen molar-refractivity contribution in [1.82, 2.24) is 4.72 Å². The highest BCUT2D eigenvalue weighted by Gasteiger charge is 2.29. The SMILES string of the molecule is CCCc1ccc(S(=O)(=O)NCc2ccc(C(F)(F)F)cc2)cc1. The predicted octanol–water partition coefficient (Wildman–Crippen LogP) is 4.14. The number of alkyl halides is 3. The Bertz CT molecular complexity index is 767. The van der Waals surface area contributed by atoms with Crippen LogP contribution in [0.25, 0.3) is 0 Å². The van der Waals surface area contributed by atoms with Crippen molar-refractivity contribution < 1.29 is 21.6 Å². The minimum Gasteiger partial charge on any atom is -0.207 e. The average molecular weight is 357 g/mol. The molecular weight excluding hydrogens is 339 g/mol. The van der Waals surface area contributed by atoms with Crippen LogP contribution in [-0.4, -0.2) is 8.42 Å². The summed E-state index contributed by atoms with van der Waals surface area (Å²) in [7, 11) is -3.70. The van der Waals surface area contributed by atoms with E-state index in [9.17, 15) is 21.6 Å². The maximum atomic E-state index is 12.5. The summed E-state index contributed by atoms with van der Waals surface area (Å²) in [6.45, 7) is 1.97. The second-order valence-corrected chi connectivity index (χ2v) is 7.18. The third-order valence-corrected chi connectivity index (χ3v) is 4.94. The van der Waals surface area contributed by atoms with Crippen molar-refractivity contribution in [2.45, 2.75) is 37.4 Å². The van der Waals surface area contributed by atoms with E-state index in [0.717, 1.165) is 30.5 Å². The highest BCUT2D eigenvalue weighted by Crippen LogP contribution is 2.29. The van der Waals surface area contributed by atoms with E-state index in [-0.39, 0.29) is 11.4 Å². The highest BCUT2D eigenvalue weighted by atomic mass is 32.2. The van der Waals surface area contributed by atoms with E-state index in [0.29, 0.717) is 5.56 Å². The Balaban J connectivity index is 2.04. The standard InChI is InChI=1S/C17H18F3NO2S/c1-2-3-13-6-10-16(11-7-13)24(22,23)21-12-14-4-8-15(9-5-14)17(18,19)20/h4-11,21H,2-3,12H2,1H3. The zero-order valence-electron chi connectivity index (χ0n) is 13.1. The van der Waals surface area contributed by atoms with Crippen LogP contribution in [0.3, 0.4) is 0 Å². The van der Waals surface area contributed by atoms with Crippen molar-refractivity contribution >= 4 is 10.0 Å². The molecule has 0 heterocycles. The van der Waals surface area contributed by atoms with Crippen LogP contribution in [0.15, 0.2) is 53.4 Å². The summed E-state index contributed by atoms with van der Waals surface area (Å²) in [5, 5.41) is 0. The molecule has 24 heavy (non-hydrogen) atoms. The van der Waals surface area contributed by atoms with Crippen LogP contribution < -0.4 is 4.72 Å². The molecule has 0 fully saturated rings. The first kappa shape index (κ1) is 18.5. The van der Waals surface area contributed by atoms with Crippen molar-refractivity contribution in [3.8, 4) is 0 Å². The molecule has 0 aliphatic carbocycles. The van der Waals surface area contributed by atoms with E-state index in [1.54, 1.807) is 12.1 Å². The van der Waals surface area contributed by atoms with Crippen molar-refractivity contribution in [2.75, 3.05) is 0 Å². The fourth-order valence-electron chi connectivity index (χ4n) is 2.20. The second-order valence-electron chi connectivity index (χ2n) is 5.41. The molecular formula is C17H18F3NO2S. The molecule has 0 aliphatic heterocycles. The first-order valence-electron chi connectivity index (χ1n) is 7.47. The summed E-state index contributed by atoms with van der Waals surface area (Å²) in [5.74, 6) is 0. The molecule has 2 rings (SSSR count). The van der Waals surface area contributed by atoms with Gasteiger partial charge in [-0.05, 0) is 41.8 Å². The van der Waals surface area contributed by atoms with E-state index >= 15 is 0 Å². The number of hydrogen-bond donors (Lipinski definition) is 1. The molecule has 0 atom stereocenters. The largest absolute Gasteiger partial charge is 0.416 e. The minimum absolute atomic E-state index is 0.0722. The van der Waals surface area contributed by atoms with Gasteiger partial charge in [0.05, 0.1) is 10.5 Å². The summed E-state index contributed by atoms with van der Waals surface area (Å²) in [5.41, 5.74) is 0.744. The molecule has 0 amide bonds. The number of aryl methyl sites for hydroxylation is 1. The molecule has 0 bridgehead atoms. The molecule has 130 valence electrons. The first-order chi connectivity index (χ1) is 11.2. The molecule has 0 aromatic heterocycles. The molecule has 0 spiro atoms.